The normalized spacial score (nSPS) is 37.8. The van der Waals surface area contributed by atoms with E-state index in [0.717, 1.165) is 13.0 Å². The van der Waals surface area contributed by atoms with Gasteiger partial charge in [0.15, 0.2) is 0 Å². The predicted octanol–water partition coefficient (Wildman–Crippen LogP) is -0.213. The molecule has 2 saturated heterocycles. The summed E-state index contributed by atoms with van der Waals surface area (Å²) in [6, 6.07) is -0.0400. The van der Waals surface area contributed by atoms with Crippen LogP contribution in [0.5, 0.6) is 0 Å². The van der Waals surface area contributed by atoms with Gasteiger partial charge in [-0.25, -0.2) is 8.42 Å². The van der Waals surface area contributed by atoms with Crippen LogP contribution in [-0.4, -0.2) is 56.4 Å². The first-order valence-electron chi connectivity index (χ1n) is 5.85. The Morgan fingerprint density at radius 2 is 2.12 bits per heavy atom. The van der Waals surface area contributed by atoms with Crippen LogP contribution in [0.1, 0.15) is 20.3 Å². The number of sulfonamides is 1. The predicted molar refractivity (Wildman–Crippen MR) is 61.8 cm³/mol. The van der Waals surface area contributed by atoms with Crippen molar-refractivity contribution in [2.24, 2.45) is 0 Å². The van der Waals surface area contributed by atoms with Crippen molar-refractivity contribution >= 4 is 10.0 Å². The van der Waals surface area contributed by atoms with E-state index in [4.69, 9.17) is 4.74 Å². The second-order valence-electron chi connectivity index (χ2n) is 4.72. The van der Waals surface area contributed by atoms with Crippen molar-refractivity contribution in [3.63, 3.8) is 0 Å². The molecule has 0 bridgehead atoms. The molecule has 0 radical (unpaired) electrons. The number of hydrogen-bond donors (Lipinski definition) is 1. The lowest BCUT2D eigenvalue weighted by molar-refractivity contribution is -0.0173. The molecule has 3 unspecified atom stereocenters. The van der Waals surface area contributed by atoms with Crippen molar-refractivity contribution in [2.45, 2.75) is 37.7 Å². The molecule has 2 rings (SSSR count). The fourth-order valence-corrected chi connectivity index (χ4v) is 4.41. The fraction of sp³-hybridized carbons (Fsp3) is 1.00. The Kier molecular flexibility index (Phi) is 3.53. The number of nitrogens with one attached hydrogen (secondary N) is 1. The van der Waals surface area contributed by atoms with E-state index >= 15 is 0 Å². The standard InChI is InChI=1S/C10H20N2O3S/c1-8-7-15-9(2)6-12(8)16(13,14)10-3-4-11-5-10/h8-11H,3-7H2,1-2H3. The molecule has 0 spiro atoms. The van der Waals surface area contributed by atoms with E-state index in [9.17, 15) is 8.42 Å². The maximum atomic E-state index is 12.4. The molecule has 2 fully saturated rings. The molecule has 3 atom stereocenters. The molecular weight excluding hydrogens is 228 g/mol. The van der Waals surface area contributed by atoms with Gasteiger partial charge in [-0.15, -0.1) is 0 Å². The van der Waals surface area contributed by atoms with Crippen molar-refractivity contribution in [3.05, 3.63) is 0 Å². The van der Waals surface area contributed by atoms with Gasteiger partial charge in [0, 0.05) is 19.1 Å². The van der Waals surface area contributed by atoms with Crippen LogP contribution < -0.4 is 5.32 Å². The van der Waals surface area contributed by atoms with Gasteiger partial charge in [-0.1, -0.05) is 0 Å². The zero-order valence-electron chi connectivity index (χ0n) is 9.85. The Morgan fingerprint density at radius 3 is 2.75 bits per heavy atom. The minimum atomic E-state index is -3.15. The maximum absolute atomic E-state index is 12.4. The van der Waals surface area contributed by atoms with E-state index in [0.29, 0.717) is 19.7 Å². The molecule has 2 aliphatic heterocycles. The largest absolute Gasteiger partial charge is 0.375 e. The summed E-state index contributed by atoms with van der Waals surface area (Å²) >= 11 is 0. The highest BCUT2D eigenvalue weighted by molar-refractivity contribution is 7.89. The third-order valence-electron chi connectivity index (χ3n) is 3.31. The number of ether oxygens (including phenoxy) is 1. The average molecular weight is 248 g/mol. The lowest BCUT2D eigenvalue weighted by Gasteiger charge is -2.37. The molecule has 5 nitrogen and oxygen atoms in total. The highest BCUT2D eigenvalue weighted by Crippen LogP contribution is 2.21. The van der Waals surface area contributed by atoms with E-state index < -0.39 is 10.0 Å². The molecule has 1 N–H and O–H groups in total. The molecule has 6 heteroatoms. The molecule has 0 aromatic carbocycles. The lowest BCUT2D eigenvalue weighted by atomic mass is 10.2. The van der Waals surface area contributed by atoms with Crippen molar-refractivity contribution in [3.8, 4) is 0 Å². The van der Waals surface area contributed by atoms with Gasteiger partial charge in [-0.05, 0) is 26.8 Å². The van der Waals surface area contributed by atoms with E-state index in [-0.39, 0.29) is 17.4 Å². The third-order valence-corrected chi connectivity index (χ3v) is 5.72. The van der Waals surface area contributed by atoms with Gasteiger partial charge in [0.25, 0.3) is 0 Å². The summed E-state index contributed by atoms with van der Waals surface area (Å²) in [4.78, 5) is 0. The smallest absolute Gasteiger partial charge is 0.218 e. The monoisotopic (exact) mass is 248 g/mol. The molecule has 0 aliphatic carbocycles. The first kappa shape index (κ1) is 12.3. The van der Waals surface area contributed by atoms with Crippen molar-refractivity contribution in [2.75, 3.05) is 26.2 Å². The van der Waals surface area contributed by atoms with E-state index in [2.05, 4.69) is 5.32 Å². The number of rotatable bonds is 2. The second kappa shape index (κ2) is 4.60. The van der Waals surface area contributed by atoms with Crippen molar-refractivity contribution in [1.29, 1.82) is 0 Å². The minimum Gasteiger partial charge on any atom is -0.375 e. The van der Waals surface area contributed by atoms with Crippen LogP contribution in [0.2, 0.25) is 0 Å². The summed E-state index contributed by atoms with van der Waals surface area (Å²) < 4.78 is 31.8. The number of hydrogen-bond acceptors (Lipinski definition) is 4. The molecule has 2 heterocycles. The van der Waals surface area contributed by atoms with Gasteiger partial charge >= 0.3 is 0 Å². The topological polar surface area (TPSA) is 58.6 Å². The summed E-state index contributed by atoms with van der Waals surface area (Å²) in [5, 5.41) is 2.86. The van der Waals surface area contributed by atoms with Crippen LogP contribution in [0.3, 0.4) is 0 Å². The van der Waals surface area contributed by atoms with Crippen molar-refractivity contribution < 1.29 is 13.2 Å². The molecule has 0 aromatic rings. The van der Waals surface area contributed by atoms with Crippen LogP contribution >= 0.6 is 0 Å². The molecule has 94 valence electrons. The Morgan fingerprint density at radius 1 is 1.38 bits per heavy atom. The summed E-state index contributed by atoms with van der Waals surface area (Å²) in [6.45, 7) is 6.20. The van der Waals surface area contributed by atoms with E-state index in [1.165, 1.54) is 0 Å². The first-order chi connectivity index (χ1) is 7.51. The average Bonchev–Trinajstić information content (AvgIpc) is 2.75. The Balaban J connectivity index is 2.14. The second-order valence-corrected chi connectivity index (χ2v) is 6.89. The van der Waals surface area contributed by atoms with Gasteiger partial charge in [0.2, 0.25) is 10.0 Å². The fourth-order valence-electron chi connectivity index (χ4n) is 2.30. The van der Waals surface area contributed by atoms with Crippen LogP contribution in [-0.2, 0) is 14.8 Å². The highest BCUT2D eigenvalue weighted by atomic mass is 32.2. The highest BCUT2D eigenvalue weighted by Gasteiger charge is 2.39. The summed E-state index contributed by atoms with van der Waals surface area (Å²) in [5.41, 5.74) is 0. The quantitative estimate of drug-likeness (QED) is 0.734. The van der Waals surface area contributed by atoms with Gasteiger partial charge in [-0.2, -0.15) is 4.31 Å². The van der Waals surface area contributed by atoms with Gasteiger partial charge < -0.3 is 10.1 Å². The lowest BCUT2D eigenvalue weighted by Crippen LogP contribution is -2.53. The Labute approximate surface area is 97.2 Å². The van der Waals surface area contributed by atoms with Crippen LogP contribution in [0.15, 0.2) is 0 Å². The van der Waals surface area contributed by atoms with Crippen LogP contribution in [0.25, 0.3) is 0 Å². The molecule has 0 saturated carbocycles. The maximum Gasteiger partial charge on any atom is 0.218 e. The van der Waals surface area contributed by atoms with Crippen molar-refractivity contribution in [1.82, 2.24) is 9.62 Å². The SMILES string of the molecule is CC1CN(S(=O)(=O)C2CCNC2)C(C)CO1. The number of morpholine rings is 1. The first-order valence-corrected chi connectivity index (χ1v) is 7.35. The van der Waals surface area contributed by atoms with Gasteiger partial charge in [0.05, 0.1) is 18.0 Å². The minimum absolute atomic E-state index is 0.000312. The van der Waals surface area contributed by atoms with Crippen LogP contribution in [0, 0.1) is 0 Å². The van der Waals surface area contributed by atoms with Crippen LogP contribution in [0.4, 0.5) is 0 Å². The molecule has 16 heavy (non-hydrogen) atoms. The van der Waals surface area contributed by atoms with E-state index in [1.54, 1.807) is 4.31 Å². The zero-order chi connectivity index (χ0) is 11.8. The molecule has 0 aromatic heterocycles. The summed E-state index contributed by atoms with van der Waals surface area (Å²) in [6.07, 6.45) is 0.723. The molecule has 2 aliphatic rings. The molecular formula is C10H20N2O3S. The Hall–Kier alpha value is -0.170. The van der Waals surface area contributed by atoms with Gasteiger partial charge in [-0.3, -0.25) is 0 Å². The van der Waals surface area contributed by atoms with Gasteiger partial charge in [0.1, 0.15) is 0 Å². The summed E-state index contributed by atoms with van der Waals surface area (Å²) in [5.74, 6) is 0. The third kappa shape index (κ3) is 2.25. The van der Waals surface area contributed by atoms with E-state index in [1.807, 2.05) is 13.8 Å². The Bertz CT molecular complexity index is 338. The molecule has 0 amide bonds. The zero-order valence-corrected chi connectivity index (χ0v) is 10.7. The summed E-state index contributed by atoms with van der Waals surface area (Å²) in [7, 11) is -3.15. The number of nitrogens with zero attached hydrogens (tertiary/aromatic N) is 1.